The molecule has 0 aliphatic heterocycles. The van der Waals surface area contributed by atoms with Crippen molar-refractivity contribution in [3.63, 3.8) is 0 Å². The fourth-order valence-corrected chi connectivity index (χ4v) is 4.56. The molecule has 4 aromatic rings. The molecule has 6 heteroatoms. The van der Waals surface area contributed by atoms with Crippen molar-refractivity contribution in [2.75, 3.05) is 27.6 Å². The Bertz CT molecular complexity index is 1170. The molecule has 4 rings (SSSR count). The Hall–Kier alpha value is -3.97. The molecule has 196 valence electrons. The third-order valence-corrected chi connectivity index (χ3v) is 6.34. The van der Waals surface area contributed by atoms with Gasteiger partial charge in [-0.2, -0.15) is 0 Å². The molecule has 0 saturated carbocycles. The molecule has 0 amide bonds. The molecule has 6 nitrogen and oxygen atoms in total. The second-order valence-electron chi connectivity index (χ2n) is 8.74. The summed E-state index contributed by atoms with van der Waals surface area (Å²) in [5.41, 5.74) is 2.98. The number of nitrogens with one attached hydrogen (secondary N) is 1. The van der Waals surface area contributed by atoms with Crippen molar-refractivity contribution in [2.24, 2.45) is 0 Å². The fraction of sp³-hybridized carbons (Fsp3) is 0.219. The number of methoxy groups -OCH3 is 2. The Morgan fingerprint density at radius 2 is 1.24 bits per heavy atom. The van der Waals surface area contributed by atoms with E-state index in [1.807, 2.05) is 78.9 Å². The Labute approximate surface area is 224 Å². The molecule has 0 bridgehead atoms. The Balaban J connectivity index is 1.69. The van der Waals surface area contributed by atoms with Crippen LogP contribution in [0.15, 0.2) is 115 Å². The van der Waals surface area contributed by atoms with Gasteiger partial charge in [-0.25, -0.2) is 0 Å². The summed E-state index contributed by atoms with van der Waals surface area (Å²) >= 11 is 0. The summed E-state index contributed by atoms with van der Waals surface area (Å²) in [7, 11) is 2.96. The number of carbonyl (C=O) groups excluding carboxylic acids is 1. The van der Waals surface area contributed by atoms with Crippen molar-refractivity contribution in [3.05, 3.63) is 138 Å². The summed E-state index contributed by atoms with van der Waals surface area (Å²) in [5.74, 6) is 0.255. The molecule has 1 N–H and O–H groups in total. The molecule has 0 radical (unpaired) electrons. The molecule has 4 aromatic carbocycles. The van der Waals surface area contributed by atoms with Crippen LogP contribution >= 0.6 is 0 Å². The number of benzene rings is 4. The maximum absolute atomic E-state index is 13.1. The summed E-state index contributed by atoms with van der Waals surface area (Å²) in [5, 5.41) is 3.65. The highest BCUT2D eigenvalue weighted by atomic mass is 16.7. The molecule has 0 aliphatic carbocycles. The van der Waals surface area contributed by atoms with Crippen molar-refractivity contribution >= 4 is 5.97 Å². The summed E-state index contributed by atoms with van der Waals surface area (Å²) in [6.45, 7) is 0.473. The number of para-hydroxylation sites is 1. The number of ether oxygens (including phenoxy) is 4. The first-order valence-electron chi connectivity index (χ1n) is 12.5. The Morgan fingerprint density at radius 1 is 0.737 bits per heavy atom. The van der Waals surface area contributed by atoms with Crippen molar-refractivity contribution in [3.8, 4) is 5.75 Å². The van der Waals surface area contributed by atoms with Crippen LogP contribution in [0.2, 0.25) is 0 Å². The second-order valence-corrected chi connectivity index (χ2v) is 8.74. The summed E-state index contributed by atoms with van der Waals surface area (Å²) in [6, 6.07) is 37.1. The van der Waals surface area contributed by atoms with Crippen LogP contribution in [0.5, 0.6) is 5.75 Å². The minimum absolute atomic E-state index is 0.0829. The third-order valence-electron chi connectivity index (χ3n) is 6.34. The first-order valence-corrected chi connectivity index (χ1v) is 12.5. The first-order chi connectivity index (χ1) is 18.7. The molecule has 0 heterocycles. The van der Waals surface area contributed by atoms with E-state index in [0.29, 0.717) is 5.75 Å². The minimum Gasteiger partial charge on any atom is -0.468 e. The van der Waals surface area contributed by atoms with Gasteiger partial charge in [-0.3, -0.25) is 10.1 Å². The number of hydrogen-bond acceptors (Lipinski definition) is 6. The fourth-order valence-electron chi connectivity index (χ4n) is 4.56. The van der Waals surface area contributed by atoms with E-state index in [-0.39, 0.29) is 20.0 Å². The number of rotatable bonds is 13. The minimum atomic E-state index is -0.842. The normalized spacial score (nSPS) is 12.1. The lowest BCUT2D eigenvalue weighted by molar-refractivity contribution is -0.145. The topological polar surface area (TPSA) is 66.0 Å². The lowest BCUT2D eigenvalue weighted by atomic mass is 9.76. The molecule has 0 saturated heterocycles. The van der Waals surface area contributed by atoms with E-state index in [1.54, 1.807) is 7.11 Å². The number of carbonyl (C=O) groups is 1. The Kier molecular flexibility index (Phi) is 9.65. The van der Waals surface area contributed by atoms with Crippen molar-refractivity contribution in [1.29, 1.82) is 0 Å². The SMILES string of the molecule is COCOc1ccccc1COCC(NC(c1ccccc1)(c1ccccc1)c1ccccc1)C(=O)OC. The molecular formula is C32H33NO5. The molecule has 0 fully saturated rings. The molecule has 0 aliphatic rings. The zero-order valence-corrected chi connectivity index (χ0v) is 21.7. The summed E-state index contributed by atoms with van der Waals surface area (Å²) < 4.78 is 22.0. The van der Waals surface area contributed by atoms with Crippen LogP contribution in [0.4, 0.5) is 0 Å². The number of esters is 1. The van der Waals surface area contributed by atoms with Crippen molar-refractivity contribution in [1.82, 2.24) is 5.32 Å². The quantitative estimate of drug-likeness (QED) is 0.149. The summed E-state index contributed by atoms with van der Waals surface area (Å²) in [6.07, 6.45) is 0. The van der Waals surface area contributed by atoms with Crippen LogP contribution < -0.4 is 10.1 Å². The predicted octanol–water partition coefficient (Wildman–Crippen LogP) is 5.31. The van der Waals surface area contributed by atoms with Gasteiger partial charge in [0.15, 0.2) is 6.79 Å². The van der Waals surface area contributed by atoms with Gasteiger partial charge in [0.25, 0.3) is 0 Å². The third kappa shape index (κ3) is 6.29. The van der Waals surface area contributed by atoms with Gasteiger partial charge in [-0.15, -0.1) is 0 Å². The van der Waals surface area contributed by atoms with Gasteiger partial charge in [0.05, 0.1) is 25.9 Å². The zero-order chi connectivity index (χ0) is 26.6. The molecule has 1 unspecified atom stereocenters. The van der Waals surface area contributed by atoms with Gasteiger partial charge < -0.3 is 18.9 Å². The monoisotopic (exact) mass is 511 g/mol. The van der Waals surface area contributed by atoms with Crippen LogP contribution in [0.25, 0.3) is 0 Å². The van der Waals surface area contributed by atoms with Gasteiger partial charge in [-0.05, 0) is 22.8 Å². The van der Waals surface area contributed by atoms with E-state index < -0.39 is 17.6 Å². The van der Waals surface area contributed by atoms with E-state index in [4.69, 9.17) is 18.9 Å². The van der Waals surface area contributed by atoms with E-state index in [0.717, 1.165) is 22.3 Å². The highest BCUT2D eigenvalue weighted by molar-refractivity contribution is 5.76. The standard InChI is InChI=1S/C32H33NO5/c1-35-24-38-30-21-13-12-14-25(30)22-37-23-29(31(34)36-2)33-32(26-15-6-3-7-16-26,27-17-8-4-9-18-27)28-19-10-5-11-20-28/h3-21,29,33H,22-24H2,1-2H3. The molecular weight excluding hydrogens is 478 g/mol. The van der Waals surface area contributed by atoms with Gasteiger partial charge in [0, 0.05) is 12.7 Å². The summed E-state index contributed by atoms with van der Waals surface area (Å²) in [4.78, 5) is 13.1. The van der Waals surface area contributed by atoms with E-state index in [2.05, 4.69) is 41.7 Å². The van der Waals surface area contributed by atoms with Crippen molar-refractivity contribution < 1.29 is 23.7 Å². The maximum atomic E-state index is 13.1. The maximum Gasteiger partial charge on any atom is 0.325 e. The molecule has 1 atom stereocenters. The van der Waals surface area contributed by atoms with Gasteiger partial charge in [0.1, 0.15) is 11.8 Å². The Morgan fingerprint density at radius 3 is 1.74 bits per heavy atom. The van der Waals surface area contributed by atoms with Crippen LogP contribution in [0.3, 0.4) is 0 Å². The highest BCUT2D eigenvalue weighted by Crippen LogP contribution is 2.37. The molecule has 0 aromatic heterocycles. The predicted molar refractivity (Wildman–Crippen MR) is 147 cm³/mol. The van der Waals surface area contributed by atoms with Crippen LogP contribution in [0.1, 0.15) is 22.3 Å². The average molecular weight is 512 g/mol. The largest absolute Gasteiger partial charge is 0.468 e. The number of hydrogen-bond donors (Lipinski definition) is 1. The lowest BCUT2D eigenvalue weighted by Gasteiger charge is -2.39. The van der Waals surface area contributed by atoms with E-state index >= 15 is 0 Å². The van der Waals surface area contributed by atoms with E-state index in [1.165, 1.54) is 7.11 Å². The van der Waals surface area contributed by atoms with Crippen molar-refractivity contribution in [2.45, 2.75) is 18.2 Å². The van der Waals surface area contributed by atoms with E-state index in [9.17, 15) is 4.79 Å². The van der Waals surface area contributed by atoms with Crippen LogP contribution in [0, 0.1) is 0 Å². The van der Waals surface area contributed by atoms with Crippen LogP contribution in [-0.2, 0) is 31.2 Å². The lowest BCUT2D eigenvalue weighted by Crippen LogP contribution is -2.54. The highest BCUT2D eigenvalue weighted by Gasteiger charge is 2.40. The molecule has 38 heavy (non-hydrogen) atoms. The molecule has 0 spiro atoms. The second kappa shape index (κ2) is 13.5. The van der Waals surface area contributed by atoms with Gasteiger partial charge in [-0.1, -0.05) is 109 Å². The van der Waals surface area contributed by atoms with Crippen LogP contribution in [-0.4, -0.2) is 39.6 Å². The first kappa shape index (κ1) is 27.1. The average Bonchev–Trinajstić information content (AvgIpc) is 2.99. The van der Waals surface area contributed by atoms with Gasteiger partial charge >= 0.3 is 5.97 Å². The zero-order valence-electron chi connectivity index (χ0n) is 21.7. The smallest absolute Gasteiger partial charge is 0.325 e. The van der Waals surface area contributed by atoms with Gasteiger partial charge in [0.2, 0.25) is 0 Å².